The summed E-state index contributed by atoms with van der Waals surface area (Å²) in [6.45, 7) is 6.39. The van der Waals surface area contributed by atoms with E-state index in [1.165, 1.54) is 17.1 Å². The Hall–Kier alpha value is -0.450. The van der Waals surface area contributed by atoms with Gasteiger partial charge < -0.3 is 10.2 Å². The van der Waals surface area contributed by atoms with Gasteiger partial charge in [-0.1, -0.05) is 13.8 Å². The van der Waals surface area contributed by atoms with E-state index in [0.29, 0.717) is 6.04 Å². The smallest absolute Gasteiger partial charge is 0.107 e. The molecule has 0 aromatic carbocycles. The summed E-state index contributed by atoms with van der Waals surface area (Å²) in [5.74, 6) is 0. The number of aryl methyl sites for hydroxylation is 1. The Morgan fingerprint density at radius 1 is 1.44 bits per heavy atom. The van der Waals surface area contributed by atoms with Gasteiger partial charge in [0.2, 0.25) is 0 Å². The number of rotatable bonds is 7. The molecule has 0 saturated carbocycles. The lowest BCUT2D eigenvalue weighted by atomic mass is 10.2. The van der Waals surface area contributed by atoms with Gasteiger partial charge in [0.1, 0.15) is 5.01 Å². The van der Waals surface area contributed by atoms with Crippen LogP contribution in [0.25, 0.3) is 0 Å². The molecule has 1 N–H and O–H groups in total. The molecule has 16 heavy (non-hydrogen) atoms. The summed E-state index contributed by atoms with van der Waals surface area (Å²) in [7, 11) is 4.15. The second-order valence-electron chi connectivity index (χ2n) is 4.68. The standard InChI is InChI=1S/C12H23N3S/c1-10(2)13-7-5-6-11-9-16-12(14-11)8-15(3)4/h9-10,13H,5-8H2,1-4H3. The van der Waals surface area contributed by atoms with E-state index in [1.807, 2.05) is 0 Å². The molecule has 0 aliphatic rings. The summed E-state index contributed by atoms with van der Waals surface area (Å²) in [6, 6.07) is 0.583. The van der Waals surface area contributed by atoms with Crippen LogP contribution in [0.1, 0.15) is 31.0 Å². The molecule has 0 fully saturated rings. The third-order valence-electron chi connectivity index (χ3n) is 2.21. The van der Waals surface area contributed by atoms with Crippen LogP contribution < -0.4 is 5.32 Å². The van der Waals surface area contributed by atoms with Crippen LogP contribution in [0.15, 0.2) is 5.38 Å². The summed E-state index contributed by atoms with van der Waals surface area (Å²) in [6.07, 6.45) is 2.26. The highest BCUT2D eigenvalue weighted by Crippen LogP contribution is 2.12. The largest absolute Gasteiger partial charge is 0.315 e. The van der Waals surface area contributed by atoms with Crippen molar-refractivity contribution in [3.05, 3.63) is 16.1 Å². The van der Waals surface area contributed by atoms with E-state index in [0.717, 1.165) is 19.5 Å². The van der Waals surface area contributed by atoms with Crippen LogP contribution in [0.4, 0.5) is 0 Å². The third kappa shape index (κ3) is 5.58. The first-order chi connectivity index (χ1) is 7.58. The molecule has 1 heterocycles. The van der Waals surface area contributed by atoms with Crippen molar-refractivity contribution in [3.63, 3.8) is 0 Å². The molecule has 0 bridgehead atoms. The first kappa shape index (κ1) is 13.6. The molecule has 0 aliphatic carbocycles. The van der Waals surface area contributed by atoms with Crippen LogP contribution in [0, 0.1) is 0 Å². The fourth-order valence-electron chi connectivity index (χ4n) is 1.47. The minimum absolute atomic E-state index is 0.583. The molecular formula is C12H23N3S. The predicted octanol–water partition coefficient (Wildman–Crippen LogP) is 2.14. The monoisotopic (exact) mass is 241 g/mol. The van der Waals surface area contributed by atoms with Crippen molar-refractivity contribution >= 4 is 11.3 Å². The molecule has 0 unspecified atom stereocenters. The van der Waals surface area contributed by atoms with Crippen LogP contribution >= 0.6 is 11.3 Å². The van der Waals surface area contributed by atoms with Crippen molar-refractivity contribution in [2.75, 3.05) is 20.6 Å². The van der Waals surface area contributed by atoms with Crippen molar-refractivity contribution in [1.82, 2.24) is 15.2 Å². The number of aromatic nitrogens is 1. The summed E-state index contributed by atoms with van der Waals surface area (Å²) in [4.78, 5) is 6.77. The van der Waals surface area contributed by atoms with Gasteiger partial charge in [-0.15, -0.1) is 11.3 Å². The average molecular weight is 241 g/mol. The molecule has 0 radical (unpaired) electrons. The van der Waals surface area contributed by atoms with Crippen molar-refractivity contribution in [3.8, 4) is 0 Å². The van der Waals surface area contributed by atoms with Crippen LogP contribution in [0.2, 0.25) is 0 Å². The Kier molecular flexibility index (Phi) is 5.95. The number of hydrogen-bond acceptors (Lipinski definition) is 4. The number of thiazole rings is 1. The molecule has 0 saturated heterocycles. The fraction of sp³-hybridized carbons (Fsp3) is 0.750. The predicted molar refractivity (Wildman–Crippen MR) is 71.0 cm³/mol. The van der Waals surface area contributed by atoms with Gasteiger partial charge >= 0.3 is 0 Å². The second kappa shape index (κ2) is 6.99. The van der Waals surface area contributed by atoms with Gasteiger partial charge in [0, 0.05) is 18.0 Å². The molecule has 92 valence electrons. The molecule has 0 amide bonds. The van der Waals surface area contributed by atoms with Crippen molar-refractivity contribution in [2.45, 2.75) is 39.3 Å². The van der Waals surface area contributed by atoms with Crippen molar-refractivity contribution in [1.29, 1.82) is 0 Å². The van der Waals surface area contributed by atoms with Crippen LogP contribution in [0.5, 0.6) is 0 Å². The Morgan fingerprint density at radius 3 is 2.81 bits per heavy atom. The Morgan fingerprint density at radius 2 is 2.19 bits per heavy atom. The van der Waals surface area contributed by atoms with E-state index in [1.54, 1.807) is 11.3 Å². The molecule has 0 spiro atoms. The molecule has 0 aliphatic heterocycles. The first-order valence-electron chi connectivity index (χ1n) is 5.89. The summed E-state index contributed by atoms with van der Waals surface area (Å²) in [5, 5.41) is 6.83. The highest BCUT2D eigenvalue weighted by Gasteiger charge is 2.03. The van der Waals surface area contributed by atoms with Gasteiger partial charge in [-0.2, -0.15) is 0 Å². The maximum atomic E-state index is 4.62. The third-order valence-corrected chi connectivity index (χ3v) is 3.10. The molecule has 1 rings (SSSR count). The lowest BCUT2D eigenvalue weighted by Gasteiger charge is -2.06. The lowest BCUT2D eigenvalue weighted by molar-refractivity contribution is 0.401. The SMILES string of the molecule is CC(C)NCCCc1csc(CN(C)C)n1. The zero-order valence-corrected chi connectivity index (χ0v) is 11.6. The van der Waals surface area contributed by atoms with Gasteiger partial charge in [-0.25, -0.2) is 4.98 Å². The lowest BCUT2D eigenvalue weighted by Crippen LogP contribution is -2.23. The van der Waals surface area contributed by atoms with E-state index >= 15 is 0 Å². The molecule has 0 atom stereocenters. The molecule has 1 aromatic heterocycles. The molecule has 1 aromatic rings. The maximum Gasteiger partial charge on any atom is 0.107 e. The minimum Gasteiger partial charge on any atom is -0.315 e. The van der Waals surface area contributed by atoms with Crippen LogP contribution in [0.3, 0.4) is 0 Å². The van der Waals surface area contributed by atoms with E-state index in [2.05, 4.69) is 48.5 Å². The summed E-state index contributed by atoms with van der Waals surface area (Å²) < 4.78 is 0. The molecule has 3 nitrogen and oxygen atoms in total. The Bertz CT molecular complexity index is 294. The maximum absolute atomic E-state index is 4.62. The zero-order chi connectivity index (χ0) is 12.0. The van der Waals surface area contributed by atoms with Crippen molar-refractivity contribution in [2.24, 2.45) is 0 Å². The van der Waals surface area contributed by atoms with E-state index < -0.39 is 0 Å². The Labute approximate surface area is 103 Å². The van der Waals surface area contributed by atoms with Gasteiger partial charge in [0.05, 0.1) is 5.69 Å². The summed E-state index contributed by atoms with van der Waals surface area (Å²) >= 11 is 1.77. The van der Waals surface area contributed by atoms with Gasteiger partial charge in [0.15, 0.2) is 0 Å². The fourth-order valence-corrected chi connectivity index (χ4v) is 2.41. The van der Waals surface area contributed by atoms with Crippen molar-refractivity contribution < 1.29 is 0 Å². The number of nitrogens with zero attached hydrogens (tertiary/aromatic N) is 2. The summed E-state index contributed by atoms with van der Waals surface area (Å²) in [5.41, 5.74) is 1.24. The van der Waals surface area contributed by atoms with Gasteiger partial charge in [0.25, 0.3) is 0 Å². The number of hydrogen-bond donors (Lipinski definition) is 1. The van der Waals surface area contributed by atoms with Crippen LogP contribution in [-0.4, -0.2) is 36.6 Å². The highest BCUT2D eigenvalue weighted by atomic mass is 32.1. The van der Waals surface area contributed by atoms with E-state index in [-0.39, 0.29) is 0 Å². The van der Waals surface area contributed by atoms with E-state index in [4.69, 9.17) is 0 Å². The number of nitrogens with one attached hydrogen (secondary N) is 1. The zero-order valence-electron chi connectivity index (χ0n) is 10.8. The first-order valence-corrected chi connectivity index (χ1v) is 6.77. The van der Waals surface area contributed by atoms with E-state index in [9.17, 15) is 0 Å². The minimum atomic E-state index is 0.583. The molecule has 4 heteroatoms. The Balaban J connectivity index is 2.24. The quantitative estimate of drug-likeness (QED) is 0.741. The average Bonchev–Trinajstić information content (AvgIpc) is 2.59. The second-order valence-corrected chi connectivity index (χ2v) is 5.63. The van der Waals surface area contributed by atoms with Crippen LogP contribution in [-0.2, 0) is 13.0 Å². The normalized spacial score (nSPS) is 11.6. The topological polar surface area (TPSA) is 28.2 Å². The van der Waals surface area contributed by atoms with Gasteiger partial charge in [-0.3, -0.25) is 0 Å². The van der Waals surface area contributed by atoms with Gasteiger partial charge in [-0.05, 0) is 33.5 Å². The highest BCUT2D eigenvalue weighted by molar-refractivity contribution is 7.09. The molecular weight excluding hydrogens is 218 g/mol.